The molecule has 0 atom stereocenters. The largest absolute Gasteiger partial charge is 0.383 e. The van der Waals surface area contributed by atoms with E-state index < -0.39 is 23.1 Å². The number of benzene rings is 2. The van der Waals surface area contributed by atoms with Crippen LogP contribution in [0.25, 0.3) is 21.8 Å². The number of nitrogens with two attached hydrogens (primary N) is 1. The van der Waals surface area contributed by atoms with E-state index in [1.54, 1.807) is 7.11 Å². The zero-order valence-corrected chi connectivity index (χ0v) is 18.7. The summed E-state index contributed by atoms with van der Waals surface area (Å²) < 4.78 is 33.9. The Hall–Kier alpha value is -3.59. The highest BCUT2D eigenvalue weighted by molar-refractivity contribution is 6.09. The van der Waals surface area contributed by atoms with Crippen molar-refractivity contribution in [2.24, 2.45) is 0 Å². The zero-order chi connectivity index (χ0) is 23.8. The van der Waals surface area contributed by atoms with Gasteiger partial charge in [-0.1, -0.05) is 18.2 Å². The third kappa shape index (κ3) is 4.49. The van der Waals surface area contributed by atoms with Crippen LogP contribution in [-0.4, -0.2) is 39.9 Å². The van der Waals surface area contributed by atoms with Gasteiger partial charge in [-0.15, -0.1) is 0 Å². The molecule has 0 aliphatic carbocycles. The van der Waals surface area contributed by atoms with Gasteiger partial charge in [-0.3, -0.25) is 9.48 Å². The topological polar surface area (TPSA) is 95.1 Å². The average Bonchev–Trinajstić information content (AvgIpc) is 3.12. The van der Waals surface area contributed by atoms with E-state index >= 15 is 0 Å². The summed E-state index contributed by atoms with van der Waals surface area (Å²) in [6, 6.07) is 10.7. The number of anilines is 1. The van der Waals surface area contributed by atoms with E-state index in [0.29, 0.717) is 30.9 Å². The van der Waals surface area contributed by atoms with Crippen LogP contribution in [0.5, 0.6) is 0 Å². The van der Waals surface area contributed by atoms with Gasteiger partial charge in [0.2, 0.25) is 0 Å². The van der Waals surface area contributed by atoms with Gasteiger partial charge in [0.15, 0.2) is 17.5 Å². The van der Waals surface area contributed by atoms with Gasteiger partial charge in [0.1, 0.15) is 5.52 Å². The molecule has 0 aliphatic heterocycles. The van der Waals surface area contributed by atoms with Crippen LogP contribution in [-0.2, 0) is 17.7 Å². The molecule has 33 heavy (non-hydrogen) atoms. The summed E-state index contributed by atoms with van der Waals surface area (Å²) in [6.07, 6.45) is 0.399. The van der Waals surface area contributed by atoms with Gasteiger partial charge >= 0.3 is 0 Å². The van der Waals surface area contributed by atoms with Gasteiger partial charge in [-0.25, -0.2) is 13.8 Å². The van der Waals surface area contributed by atoms with Crippen molar-refractivity contribution in [1.82, 2.24) is 20.1 Å². The highest BCUT2D eigenvalue weighted by Crippen LogP contribution is 2.32. The number of nitrogen functional groups attached to an aromatic ring is 1. The van der Waals surface area contributed by atoms with Gasteiger partial charge in [0.25, 0.3) is 5.91 Å². The van der Waals surface area contributed by atoms with Crippen LogP contribution in [0.1, 0.15) is 29.9 Å². The molecular weight excluding hydrogens is 428 g/mol. The molecule has 2 aromatic heterocycles. The summed E-state index contributed by atoms with van der Waals surface area (Å²) in [4.78, 5) is 17.2. The molecular formula is C24H25F2N5O2. The van der Waals surface area contributed by atoms with Crippen molar-refractivity contribution in [3.8, 4) is 0 Å². The lowest BCUT2D eigenvalue weighted by molar-refractivity contribution is 0.0911. The van der Waals surface area contributed by atoms with Crippen molar-refractivity contribution < 1.29 is 18.3 Å². The molecule has 0 unspecified atom stereocenters. The number of methoxy groups -OCH3 is 1. The average molecular weight is 453 g/mol. The van der Waals surface area contributed by atoms with E-state index in [0.717, 1.165) is 34.1 Å². The number of fused-ring (bicyclic) bond motifs is 3. The van der Waals surface area contributed by atoms with Crippen molar-refractivity contribution in [2.75, 3.05) is 19.5 Å². The predicted molar refractivity (Wildman–Crippen MR) is 123 cm³/mol. The Morgan fingerprint density at radius 3 is 2.67 bits per heavy atom. The summed E-state index contributed by atoms with van der Waals surface area (Å²) in [5.74, 6) is -2.25. The Balaban J connectivity index is 1.75. The van der Waals surface area contributed by atoms with Gasteiger partial charge in [-0.05, 0) is 38.1 Å². The van der Waals surface area contributed by atoms with Crippen molar-refractivity contribution in [3.63, 3.8) is 0 Å². The third-order valence-electron chi connectivity index (χ3n) is 5.46. The van der Waals surface area contributed by atoms with Crippen molar-refractivity contribution in [1.29, 1.82) is 0 Å². The Morgan fingerprint density at radius 1 is 1.18 bits per heavy atom. The number of nitrogens with one attached hydrogen (secondary N) is 1. The van der Waals surface area contributed by atoms with E-state index in [2.05, 4.69) is 15.4 Å². The lowest BCUT2D eigenvalue weighted by Gasteiger charge is -2.27. The monoisotopic (exact) mass is 453 g/mol. The van der Waals surface area contributed by atoms with E-state index in [4.69, 9.17) is 10.5 Å². The SMILES string of the molecule is COCCn1nc2c(N)nc3ccccc3c2c1CC(C)(C)NC(=O)c1ccc(F)c(F)c1. The molecule has 0 spiro atoms. The number of rotatable bonds is 7. The second kappa shape index (κ2) is 8.74. The molecule has 3 N–H and O–H groups in total. The molecule has 0 radical (unpaired) electrons. The minimum absolute atomic E-state index is 0.0404. The lowest BCUT2D eigenvalue weighted by Crippen LogP contribution is -2.45. The van der Waals surface area contributed by atoms with Gasteiger partial charge in [0.05, 0.1) is 18.7 Å². The van der Waals surface area contributed by atoms with E-state index in [1.165, 1.54) is 6.07 Å². The third-order valence-corrected chi connectivity index (χ3v) is 5.46. The number of nitrogens with zero attached hydrogens (tertiary/aromatic N) is 3. The van der Waals surface area contributed by atoms with Gasteiger partial charge < -0.3 is 15.8 Å². The molecule has 172 valence electrons. The number of amides is 1. The Morgan fingerprint density at radius 2 is 1.94 bits per heavy atom. The van der Waals surface area contributed by atoms with E-state index in [9.17, 15) is 13.6 Å². The quantitative estimate of drug-likeness (QED) is 0.443. The first-order chi connectivity index (χ1) is 15.7. The first kappa shape index (κ1) is 22.6. The summed E-state index contributed by atoms with van der Waals surface area (Å²) in [7, 11) is 1.61. The lowest BCUT2D eigenvalue weighted by atomic mass is 9.94. The Kier molecular flexibility index (Phi) is 5.99. The van der Waals surface area contributed by atoms with Gasteiger partial charge in [0, 0.05) is 41.1 Å². The van der Waals surface area contributed by atoms with Crippen molar-refractivity contribution in [3.05, 3.63) is 65.4 Å². The van der Waals surface area contributed by atoms with Crippen LogP contribution in [0.2, 0.25) is 0 Å². The number of para-hydroxylation sites is 1. The van der Waals surface area contributed by atoms with Crippen LogP contribution in [0.4, 0.5) is 14.6 Å². The first-order valence-corrected chi connectivity index (χ1v) is 10.5. The predicted octanol–water partition coefficient (Wildman–Crippen LogP) is 3.84. The van der Waals surface area contributed by atoms with Crippen LogP contribution >= 0.6 is 0 Å². The smallest absolute Gasteiger partial charge is 0.251 e. The standard InChI is InChI=1S/C24H25F2N5O2/c1-24(2,29-23(32)14-8-9-16(25)17(26)12-14)13-19-20-15-6-4-5-7-18(15)28-22(27)21(20)30-31(19)10-11-33-3/h4-9,12H,10-11,13H2,1-3H3,(H2,27,28)(H,29,32). The number of aromatic nitrogens is 3. The highest BCUT2D eigenvalue weighted by atomic mass is 19.2. The van der Waals surface area contributed by atoms with Crippen molar-refractivity contribution in [2.45, 2.75) is 32.4 Å². The van der Waals surface area contributed by atoms with E-state index in [1.807, 2.05) is 42.8 Å². The summed E-state index contributed by atoms with van der Waals surface area (Å²) in [5, 5.41) is 9.38. The second-order valence-corrected chi connectivity index (χ2v) is 8.54. The maximum atomic E-state index is 13.6. The Bertz CT molecular complexity index is 1350. The van der Waals surface area contributed by atoms with Gasteiger partial charge in [-0.2, -0.15) is 5.10 Å². The van der Waals surface area contributed by atoms with Crippen LogP contribution in [0, 0.1) is 11.6 Å². The number of hydrogen-bond acceptors (Lipinski definition) is 5. The molecule has 1 amide bonds. The fourth-order valence-electron chi connectivity index (χ4n) is 3.95. The maximum absolute atomic E-state index is 13.6. The fraction of sp³-hybridized carbons (Fsp3) is 0.292. The number of carbonyl (C=O) groups excluding carboxylic acids is 1. The van der Waals surface area contributed by atoms with Crippen LogP contribution in [0.3, 0.4) is 0 Å². The number of halogens is 2. The molecule has 0 bridgehead atoms. The molecule has 4 rings (SSSR count). The number of ether oxygens (including phenoxy) is 1. The van der Waals surface area contributed by atoms with Crippen LogP contribution < -0.4 is 11.1 Å². The Labute approximate surface area is 189 Å². The zero-order valence-electron chi connectivity index (χ0n) is 18.7. The molecule has 0 saturated carbocycles. The fourth-order valence-corrected chi connectivity index (χ4v) is 3.95. The molecule has 2 heterocycles. The molecule has 0 aliphatic rings. The molecule has 0 saturated heterocycles. The summed E-state index contributed by atoms with van der Waals surface area (Å²) in [5.41, 5.74) is 7.71. The summed E-state index contributed by atoms with van der Waals surface area (Å²) in [6.45, 7) is 4.64. The molecule has 9 heteroatoms. The second-order valence-electron chi connectivity index (χ2n) is 8.54. The van der Waals surface area contributed by atoms with E-state index in [-0.39, 0.29) is 5.56 Å². The first-order valence-electron chi connectivity index (χ1n) is 10.5. The minimum Gasteiger partial charge on any atom is -0.383 e. The summed E-state index contributed by atoms with van der Waals surface area (Å²) >= 11 is 0. The highest BCUT2D eigenvalue weighted by Gasteiger charge is 2.27. The molecule has 7 nitrogen and oxygen atoms in total. The maximum Gasteiger partial charge on any atom is 0.251 e. The molecule has 2 aromatic carbocycles. The number of carbonyl (C=O) groups is 1. The minimum atomic E-state index is -1.07. The van der Waals surface area contributed by atoms with Crippen molar-refractivity contribution >= 4 is 33.5 Å². The number of hydrogen-bond donors (Lipinski definition) is 2. The molecule has 4 aromatic rings. The normalized spacial score (nSPS) is 11.9. The van der Waals surface area contributed by atoms with Crippen LogP contribution in [0.15, 0.2) is 42.5 Å². The number of pyridine rings is 1. The molecule has 0 fully saturated rings.